The minimum absolute atomic E-state index is 0.0352. The van der Waals surface area contributed by atoms with Crippen LogP contribution in [0.5, 0.6) is 5.75 Å². The Morgan fingerprint density at radius 3 is 2.48 bits per heavy atom. The summed E-state index contributed by atoms with van der Waals surface area (Å²) in [6, 6.07) is 19.4. The molecule has 2 unspecified atom stereocenters. The first-order chi connectivity index (χ1) is 11.3. The van der Waals surface area contributed by atoms with Crippen LogP contribution in [-0.2, 0) is 9.53 Å². The van der Waals surface area contributed by atoms with Gasteiger partial charge in [0, 0.05) is 6.61 Å². The van der Waals surface area contributed by atoms with Crippen molar-refractivity contribution in [1.29, 1.82) is 0 Å². The van der Waals surface area contributed by atoms with Crippen LogP contribution >= 0.6 is 0 Å². The number of hydrogen-bond donors (Lipinski definition) is 1. The highest BCUT2D eigenvalue weighted by atomic mass is 16.5. The van der Waals surface area contributed by atoms with Gasteiger partial charge >= 0.3 is 0 Å². The van der Waals surface area contributed by atoms with Gasteiger partial charge in [-0.15, -0.1) is 0 Å². The first-order valence-electron chi connectivity index (χ1n) is 7.94. The molecule has 0 aliphatic carbocycles. The van der Waals surface area contributed by atoms with Crippen LogP contribution in [-0.4, -0.2) is 25.7 Å². The first kappa shape index (κ1) is 15.6. The third-order valence-corrected chi connectivity index (χ3v) is 3.98. The molecule has 4 heteroatoms. The van der Waals surface area contributed by atoms with Crippen LogP contribution in [0.2, 0.25) is 0 Å². The molecule has 1 saturated heterocycles. The fraction of sp³-hybridized carbons (Fsp3) is 0.316. The van der Waals surface area contributed by atoms with Crippen LogP contribution in [0.25, 0.3) is 0 Å². The molecule has 3 rings (SSSR count). The highest BCUT2D eigenvalue weighted by Gasteiger charge is 2.26. The predicted molar refractivity (Wildman–Crippen MR) is 88.2 cm³/mol. The van der Waals surface area contributed by atoms with Crippen LogP contribution in [0, 0.1) is 5.92 Å². The minimum Gasteiger partial charge on any atom is -0.491 e. The lowest BCUT2D eigenvalue weighted by Gasteiger charge is -2.21. The van der Waals surface area contributed by atoms with E-state index < -0.39 is 0 Å². The average molecular weight is 311 g/mol. The molecule has 1 aliphatic heterocycles. The van der Waals surface area contributed by atoms with E-state index in [4.69, 9.17) is 9.47 Å². The van der Waals surface area contributed by atoms with Crippen molar-refractivity contribution in [3.8, 4) is 5.75 Å². The Bertz CT molecular complexity index is 609. The Kier molecular flexibility index (Phi) is 5.27. The van der Waals surface area contributed by atoms with Crippen LogP contribution in [0.3, 0.4) is 0 Å². The van der Waals surface area contributed by atoms with Crippen LogP contribution < -0.4 is 10.1 Å². The van der Waals surface area contributed by atoms with Crippen molar-refractivity contribution in [3.05, 3.63) is 66.2 Å². The summed E-state index contributed by atoms with van der Waals surface area (Å²) in [5.74, 6) is 0.776. The highest BCUT2D eigenvalue weighted by Crippen LogP contribution is 2.19. The number of hydrogen-bond acceptors (Lipinski definition) is 3. The van der Waals surface area contributed by atoms with Gasteiger partial charge in [0.1, 0.15) is 12.4 Å². The van der Waals surface area contributed by atoms with Crippen LogP contribution in [0.4, 0.5) is 0 Å². The summed E-state index contributed by atoms with van der Waals surface area (Å²) in [6.07, 6.45) is 0.785. The number of para-hydroxylation sites is 1. The van der Waals surface area contributed by atoms with E-state index in [2.05, 4.69) is 5.32 Å². The zero-order chi connectivity index (χ0) is 15.9. The van der Waals surface area contributed by atoms with Gasteiger partial charge in [0.2, 0.25) is 5.91 Å². The van der Waals surface area contributed by atoms with Crippen LogP contribution in [0.15, 0.2) is 60.7 Å². The molecule has 0 saturated carbocycles. The lowest BCUT2D eigenvalue weighted by atomic mass is 10.0. The van der Waals surface area contributed by atoms with Gasteiger partial charge in [-0.2, -0.15) is 0 Å². The minimum atomic E-state index is -0.176. The van der Waals surface area contributed by atoms with E-state index in [9.17, 15) is 4.79 Å². The zero-order valence-electron chi connectivity index (χ0n) is 13.0. The molecule has 1 fully saturated rings. The Morgan fingerprint density at radius 2 is 1.83 bits per heavy atom. The quantitative estimate of drug-likeness (QED) is 0.892. The van der Waals surface area contributed by atoms with Gasteiger partial charge in [-0.3, -0.25) is 4.79 Å². The second kappa shape index (κ2) is 7.79. The van der Waals surface area contributed by atoms with Crippen molar-refractivity contribution in [2.45, 2.75) is 12.5 Å². The van der Waals surface area contributed by atoms with Gasteiger partial charge in [0.15, 0.2) is 0 Å². The maximum atomic E-state index is 12.4. The summed E-state index contributed by atoms with van der Waals surface area (Å²) in [4.78, 5) is 12.4. The summed E-state index contributed by atoms with van der Waals surface area (Å²) < 4.78 is 11.1. The van der Waals surface area contributed by atoms with Crippen molar-refractivity contribution in [2.75, 3.05) is 19.8 Å². The summed E-state index contributed by atoms with van der Waals surface area (Å²) in [7, 11) is 0. The molecule has 0 aromatic heterocycles. The van der Waals surface area contributed by atoms with E-state index in [0.717, 1.165) is 17.7 Å². The number of nitrogens with one attached hydrogen (secondary N) is 1. The molecule has 0 bridgehead atoms. The second-order valence-corrected chi connectivity index (χ2v) is 5.66. The Morgan fingerprint density at radius 1 is 1.13 bits per heavy atom. The molecule has 2 aromatic rings. The third kappa shape index (κ3) is 4.33. The number of rotatable bonds is 6. The lowest BCUT2D eigenvalue weighted by molar-refractivity contribution is -0.126. The van der Waals surface area contributed by atoms with Gasteiger partial charge in [-0.1, -0.05) is 48.5 Å². The zero-order valence-corrected chi connectivity index (χ0v) is 13.0. The predicted octanol–water partition coefficient (Wildman–Crippen LogP) is 2.96. The van der Waals surface area contributed by atoms with E-state index in [0.29, 0.717) is 19.8 Å². The first-order valence-corrected chi connectivity index (χ1v) is 7.94. The second-order valence-electron chi connectivity index (χ2n) is 5.66. The maximum absolute atomic E-state index is 12.4. The Labute approximate surface area is 136 Å². The molecule has 120 valence electrons. The fourth-order valence-corrected chi connectivity index (χ4v) is 2.63. The molecule has 0 radical (unpaired) electrons. The molecule has 2 aromatic carbocycles. The molecular weight excluding hydrogens is 290 g/mol. The Balaban J connectivity index is 1.67. The largest absolute Gasteiger partial charge is 0.491 e. The molecule has 4 nitrogen and oxygen atoms in total. The normalized spacial score (nSPS) is 18.3. The number of amides is 1. The maximum Gasteiger partial charge on any atom is 0.226 e. The molecule has 2 atom stereocenters. The van der Waals surface area contributed by atoms with Crippen molar-refractivity contribution < 1.29 is 14.3 Å². The van der Waals surface area contributed by atoms with Gasteiger partial charge < -0.3 is 14.8 Å². The highest BCUT2D eigenvalue weighted by molar-refractivity contribution is 5.79. The topological polar surface area (TPSA) is 47.6 Å². The van der Waals surface area contributed by atoms with E-state index in [1.54, 1.807) is 0 Å². The molecule has 1 aliphatic rings. The summed E-state index contributed by atoms with van der Waals surface area (Å²) >= 11 is 0. The molecule has 1 heterocycles. The lowest BCUT2D eigenvalue weighted by Crippen LogP contribution is -2.37. The van der Waals surface area contributed by atoms with Gasteiger partial charge in [-0.05, 0) is 24.1 Å². The molecular formula is C19H21NO3. The van der Waals surface area contributed by atoms with E-state index in [1.807, 2.05) is 60.7 Å². The summed E-state index contributed by atoms with van der Waals surface area (Å²) in [5, 5.41) is 3.10. The van der Waals surface area contributed by atoms with E-state index in [1.165, 1.54) is 0 Å². The Hall–Kier alpha value is -2.33. The molecule has 0 spiro atoms. The van der Waals surface area contributed by atoms with Gasteiger partial charge in [0.25, 0.3) is 0 Å². The van der Waals surface area contributed by atoms with Crippen molar-refractivity contribution in [3.63, 3.8) is 0 Å². The molecule has 1 amide bonds. The standard InChI is InChI=1S/C19H21NO3/c21-19(16-11-12-22-13-16)20-18(15-7-3-1-4-8-15)14-23-17-9-5-2-6-10-17/h1-10,16,18H,11-14H2,(H,20,21). The number of carbonyl (C=O) groups is 1. The van der Waals surface area contributed by atoms with Crippen molar-refractivity contribution in [2.24, 2.45) is 5.92 Å². The number of benzene rings is 2. The monoisotopic (exact) mass is 311 g/mol. The molecule has 1 N–H and O–H groups in total. The smallest absolute Gasteiger partial charge is 0.226 e. The number of ether oxygens (including phenoxy) is 2. The SMILES string of the molecule is O=C(NC(COc1ccccc1)c1ccccc1)C1CCOC1. The summed E-state index contributed by atoms with van der Waals surface area (Å²) in [6.45, 7) is 1.56. The molecule has 23 heavy (non-hydrogen) atoms. The fourth-order valence-electron chi connectivity index (χ4n) is 2.63. The van der Waals surface area contributed by atoms with Crippen LogP contribution in [0.1, 0.15) is 18.0 Å². The van der Waals surface area contributed by atoms with Crippen molar-refractivity contribution in [1.82, 2.24) is 5.32 Å². The van der Waals surface area contributed by atoms with Crippen molar-refractivity contribution >= 4 is 5.91 Å². The average Bonchev–Trinajstić information content (AvgIpc) is 3.15. The van der Waals surface area contributed by atoms with E-state index >= 15 is 0 Å². The summed E-state index contributed by atoms with van der Waals surface area (Å²) in [5.41, 5.74) is 1.04. The van der Waals surface area contributed by atoms with Gasteiger partial charge in [0.05, 0.1) is 18.6 Å². The van der Waals surface area contributed by atoms with E-state index in [-0.39, 0.29) is 17.9 Å². The third-order valence-electron chi connectivity index (χ3n) is 3.98. The van der Waals surface area contributed by atoms with Gasteiger partial charge in [-0.25, -0.2) is 0 Å². The number of carbonyl (C=O) groups excluding carboxylic acids is 1.